The first-order chi connectivity index (χ1) is 17.2. The molecule has 0 unspecified atom stereocenters. The first-order valence-electron chi connectivity index (χ1n) is 11.3. The molecule has 0 amide bonds. The molecule has 0 aliphatic heterocycles. The van der Waals surface area contributed by atoms with Crippen molar-refractivity contribution in [2.75, 3.05) is 0 Å². The molecular weight excluding hydrogens is 452 g/mol. The molecule has 166 valence electrons. The number of nitrogens with zero attached hydrogens (tertiary/aromatic N) is 4. The zero-order valence-corrected chi connectivity index (χ0v) is 19.4. The molecule has 0 saturated carbocycles. The highest BCUT2D eigenvalue weighted by Gasteiger charge is 2.14. The van der Waals surface area contributed by atoms with Crippen LogP contribution in [0.2, 0.25) is 5.02 Å². The van der Waals surface area contributed by atoms with Crippen LogP contribution in [0.15, 0.2) is 116 Å². The van der Waals surface area contributed by atoms with Gasteiger partial charge in [0.25, 0.3) is 0 Å². The monoisotopic (exact) mass is 470 g/mol. The SMILES string of the molecule is Clc1cc(-c2nc(-c3ccccc3)nc(-c3ccccc3)n2)cc(-c2cncc3ccccc23)c1. The quantitative estimate of drug-likeness (QED) is 0.264. The van der Waals surface area contributed by atoms with E-state index in [9.17, 15) is 0 Å². The molecule has 35 heavy (non-hydrogen) atoms. The molecule has 0 aliphatic carbocycles. The van der Waals surface area contributed by atoms with Gasteiger partial charge in [-0.05, 0) is 29.1 Å². The van der Waals surface area contributed by atoms with Crippen molar-refractivity contribution in [3.63, 3.8) is 0 Å². The summed E-state index contributed by atoms with van der Waals surface area (Å²) in [4.78, 5) is 18.9. The van der Waals surface area contributed by atoms with Gasteiger partial charge in [-0.25, -0.2) is 15.0 Å². The number of benzene rings is 4. The fraction of sp³-hybridized carbons (Fsp3) is 0. The van der Waals surface area contributed by atoms with Crippen molar-refractivity contribution in [2.45, 2.75) is 0 Å². The summed E-state index contributed by atoms with van der Waals surface area (Å²) in [5.74, 6) is 1.79. The summed E-state index contributed by atoms with van der Waals surface area (Å²) in [6.07, 6.45) is 3.74. The van der Waals surface area contributed by atoms with Crippen molar-refractivity contribution in [2.24, 2.45) is 0 Å². The van der Waals surface area contributed by atoms with Gasteiger partial charge in [-0.2, -0.15) is 0 Å². The summed E-state index contributed by atoms with van der Waals surface area (Å²) in [5, 5.41) is 2.79. The highest BCUT2D eigenvalue weighted by molar-refractivity contribution is 6.31. The van der Waals surface area contributed by atoms with Gasteiger partial charge in [0.05, 0.1) is 0 Å². The Morgan fingerprint density at radius 2 is 1.03 bits per heavy atom. The molecule has 4 nitrogen and oxygen atoms in total. The van der Waals surface area contributed by atoms with Crippen molar-refractivity contribution < 1.29 is 0 Å². The summed E-state index contributed by atoms with van der Waals surface area (Å²) in [6.45, 7) is 0. The van der Waals surface area contributed by atoms with Crippen LogP contribution in [0.1, 0.15) is 0 Å². The molecule has 6 rings (SSSR count). The molecule has 0 bridgehead atoms. The van der Waals surface area contributed by atoms with Gasteiger partial charge in [0.1, 0.15) is 0 Å². The highest BCUT2D eigenvalue weighted by atomic mass is 35.5. The smallest absolute Gasteiger partial charge is 0.164 e. The van der Waals surface area contributed by atoms with E-state index in [1.165, 1.54) is 0 Å². The van der Waals surface area contributed by atoms with Crippen LogP contribution in [-0.2, 0) is 0 Å². The summed E-state index contributed by atoms with van der Waals surface area (Å²) in [7, 11) is 0. The first-order valence-corrected chi connectivity index (χ1v) is 11.6. The topological polar surface area (TPSA) is 51.6 Å². The minimum atomic E-state index is 0.564. The Labute approximate surface area is 208 Å². The second kappa shape index (κ2) is 9.09. The van der Waals surface area contributed by atoms with Gasteiger partial charge >= 0.3 is 0 Å². The summed E-state index contributed by atoms with van der Waals surface area (Å²) < 4.78 is 0. The minimum absolute atomic E-state index is 0.564. The lowest BCUT2D eigenvalue weighted by molar-refractivity contribution is 1.07. The van der Waals surface area contributed by atoms with Crippen LogP contribution in [0, 0.1) is 0 Å². The number of fused-ring (bicyclic) bond motifs is 1. The number of aromatic nitrogens is 4. The lowest BCUT2D eigenvalue weighted by Crippen LogP contribution is -2.00. The van der Waals surface area contributed by atoms with Gasteiger partial charge < -0.3 is 0 Å². The van der Waals surface area contributed by atoms with Crippen LogP contribution in [0.3, 0.4) is 0 Å². The number of pyridine rings is 1. The van der Waals surface area contributed by atoms with E-state index in [1.807, 2.05) is 97.3 Å². The van der Waals surface area contributed by atoms with E-state index >= 15 is 0 Å². The number of halogens is 1. The van der Waals surface area contributed by atoms with Crippen LogP contribution in [0.4, 0.5) is 0 Å². The van der Waals surface area contributed by atoms with Crippen LogP contribution in [0.5, 0.6) is 0 Å². The molecule has 0 spiro atoms. The lowest BCUT2D eigenvalue weighted by Gasteiger charge is -2.11. The van der Waals surface area contributed by atoms with Gasteiger partial charge in [0.2, 0.25) is 0 Å². The number of hydrogen-bond acceptors (Lipinski definition) is 4. The molecule has 0 radical (unpaired) electrons. The Balaban J connectivity index is 1.55. The van der Waals surface area contributed by atoms with Crippen LogP contribution in [0.25, 0.3) is 56.1 Å². The Hall–Kier alpha value is -4.41. The molecule has 2 heterocycles. The van der Waals surface area contributed by atoms with Crippen LogP contribution < -0.4 is 0 Å². The second-order valence-electron chi connectivity index (χ2n) is 8.18. The van der Waals surface area contributed by atoms with Crippen molar-refractivity contribution >= 4 is 22.4 Å². The van der Waals surface area contributed by atoms with Crippen LogP contribution in [-0.4, -0.2) is 19.9 Å². The lowest BCUT2D eigenvalue weighted by atomic mass is 9.99. The molecule has 0 aliphatic rings. The predicted molar refractivity (Wildman–Crippen MR) is 142 cm³/mol. The van der Waals surface area contributed by atoms with E-state index in [1.54, 1.807) is 0 Å². The summed E-state index contributed by atoms with van der Waals surface area (Å²) in [5.41, 5.74) is 4.63. The third-order valence-electron chi connectivity index (χ3n) is 5.83. The van der Waals surface area contributed by atoms with Crippen molar-refractivity contribution in [3.05, 3.63) is 121 Å². The van der Waals surface area contributed by atoms with Gasteiger partial charge in [-0.15, -0.1) is 0 Å². The average Bonchev–Trinajstić information content (AvgIpc) is 2.93. The number of rotatable bonds is 4. The Bertz CT molecular complexity index is 1590. The van der Waals surface area contributed by atoms with E-state index in [0.29, 0.717) is 22.5 Å². The number of hydrogen-bond donors (Lipinski definition) is 0. The Kier molecular flexibility index (Phi) is 5.49. The molecule has 5 heteroatoms. The van der Waals surface area contributed by atoms with Crippen molar-refractivity contribution in [3.8, 4) is 45.3 Å². The van der Waals surface area contributed by atoms with Gasteiger partial charge in [0, 0.05) is 45.1 Å². The van der Waals surface area contributed by atoms with Crippen molar-refractivity contribution in [1.29, 1.82) is 0 Å². The maximum absolute atomic E-state index is 6.62. The maximum Gasteiger partial charge on any atom is 0.164 e. The second-order valence-corrected chi connectivity index (χ2v) is 8.61. The highest BCUT2D eigenvalue weighted by Crippen LogP contribution is 2.33. The predicted octanol–water partition coefficient (Wildman–Crippen LogP) is 7.74. The molecule has 6 aromatic rings. The van der Waals surface area contributed by atoms with E-state index < -0.39 is 0 Å². The molecule has 4 aromatic carbocycles. The van der Waals surface area contributed by atoms with Gasteiger partial charge in [-0.1, -0.05) is 96.5 Å². The summed E-state index contributed by atoms with van der Waals surface area (Å²) in [6, 6.07) is 34.0. The average molecular weight is 471 g/mol. The standard InChI is InChI=1S/C30H19ClN4/c31-25-16-23(27-19-32-18-22-13-7-8-14-26(22)27)15-24(17-25)30-34-28(20-9-3-1-4-10-20)33-29(35-30)21-11-5-2-6-12-21/h1-19H. The first kappa shape index (κ1) is 21.1. The normalized spacial score (nSPS) is 11.0. The third kappa shape index (κ3) is 4.27. The third-order valence-corrected chi connectivity index (χ3v) is 6.05. The fourth-order valence-electron chi connectivity index (χ4n) is 4.16. The van der Waals surface area contributed by atoms with Crippen molar-refractivity contribution in [1.82, 2.24) is 19.9 Å². The Morgan fingerprint density at radius 3 is 1.69 bits per heavy atom. The van der Waals surface area contributed by atoms with Gasteiger partial charge in [-0.3, -0.25) is 4.98 Å². The van der Waals surface area contributed by atoms with E-state index in [4.69, 9.17) is 26.6 Å². The van der Waals surface area contributed by atoms with Crippen LogP contribution >= 0.6 is 11.6 Å². The molecule has 0 atom stereocenters. The van der Waals surface area contributed by atoms with Gasteiger partial charge in [0.15, 0.2) is 17.5 Å². The molecule has 0 N–H and O–H groups in total. The molecule has 0 fully saturated rings. The summed E-state index contributed by atoms with van der Waals surface area (Å²) >= 11 is 6.62. The molecule has 0 saturated heterocycles. The zero-order valence-electron chi connectivity index (χ0n) is 18.6. The van der Waals surface area contributed by atoms with E-state index in [2.05, 4.69) is 23.2 Å². The molecular formula is C30H19ClN4. The maximum atomic E-state index is 6.62. The minimum Gasteiger partial charge on any atom is -0.263 e. The van der Waals surface area contributed by atoms with E-state index in [-0.39, 0.29) is 0 Å². The fourth-order valence-corrected chi connectivity index (χ4v) is 4.39. The zero-order chi connectivity index (χ0) is 23.6. The van der Waals surface area contributed by atoms with E-state index in [0.717, 1.165) is 38.6 Å². The largest absolute Gasteiger partial charge is 0.263 e. The molecule has 2 aromatic heterocycles. The Morgan fingerprint density at radius 1 is 0.486 bits per heavy atom.